The molecule has 132 valence electrons. The summed E-state index contributed by atoms with van der Waals surface area (Å²) in [6.45, 7) is 0.174. The Bertz CT molecular complexity index is 846. The van der Waals surface area contributed by atoms with Crippen molar-refractivity contribution in [2.24, 2.45) is 0 Å². The van der Waals surface area contributed by atoms with Crippen LogP contribution < -0.4 is 4.52 Å². The van der Waals surface area contributed by atoms with Crippen LogP contribution >= 0.6 is 35.4 Å². The molecule has 0 aromatic heterocycles. The number of nitrogens with zero attached hydrogens (tertiary/aromatic N) is 1. The number of nitro benzene ring substituents is 1. The van der Waals surface area contributed by atoms with Gasteiger partial charge in [0.1, 0.15) is 5.75 Å². The van der Waals surface area contributed by atoms with E-state index in [0.29, 0.717) is 11.4 Å². The van der Waals surface area contributed by atoms with Gasteiger partial charge in [-0.25, -0.2) is 4.57 Å². The fraction of sp³-hybridized carbons (Fsp3) is 0.200. The molecule has 1 heterocycles. The number of phosphoric ester groups is 1. The van der Waals surface area contributed by atoms with Crippen LogP contribution in [0.4, 0.5) is 5.69 Å². The molecule has 7 nitrogen and oxygen atoms in total. The molecule has 0 saturated carbocycles. The first kappa shape index (κ1) is 18.4. The lowest BCUT2D eigenvalue weighted by atomic mass is 10.1. The quantitative estimate of drug-likeness (QED) is 0.340. The van der Waals surface area contributed by atoms with E-state index in [0.717, 1.165) is 10.0 Å². The smallest absolute Gasteiger partial charge is 0.404 e. The zero-order valence-electron chi connectivity index (χ0n) is 12.6. The van der Waals surface area contributed by atoms with E-state index in [9.17, 15) is 14.7 Å². The van der Waals surface area contributed by atoms with Crippen molar-refractivity contribution in [2.75, 3.05) is 6.61 Å². The average Bonchev–Trinajstić information content (AvgIpc) is 2.57. The summed E-state index contributed by atoms with van der Waals surface area (Å²) in [7, 11) is -3.86. The summed E-state index contributed by atoms with van der Waals surface area (Å²) < 4.78 is 29.6. The minimum atomic E-state index is -3.86. The SMILES string of the molecule is O=[N+]([O-])c1ccc(O[P@]2(=O)OCC[C@@H](c3cc(Cl)ccc3Br)O2)cc1. The number of nitro groups is 1. The van der Waals surface area contributed by atoms with Crippen LogP contribution in [-0.4, -0.2) is 11.5 Å². The molecule has 0 radical (unpaired) electrons. The second-order valence-corrected chi connectivity index (χ2v) is 8.01. The van der Waals surface area contributed by atoms with Crippen molar-refractivity contribution in [1.29, 1.82) is 0 Å². The third kappa shape index (κ3) is 4.40. The Morgan fingerprint density at radius 1 is 1.28 bits per heavy atom. The lowest BCUT2D eigenvalue weighted by molar-refractivity contribution is -0.384. The Labute approximate surface area is 156 Å². The summed E-state index contributed by atoms with van der Waals surface area (Å²) in [5.74, 6) is 0.153. The van der Waals surface area contributed by atoms with E-state index in [1.54, 1.807) is 18.2 Å². The molecule has 2 aromatic carbocycles. The molecule has 0 spiro atoms. The monoisotopic (exact) mass is 447 g/mol. The summed E-state index contributed by atoms with van der Waals surface area (Å²) in [5, 5.41) is 11.2. The number of rotatable bonds is 4. The molecular weight excluding hydrogens is 436 g/mol. The van der Waals surface area contributed by atoms with Gasteiger partial charge in [0.15, 0.2) is 0 Å². The molecule has 2 atom stereocenters. The highest BCUT2D eigenvalue weighted by atomic mass is 79.9. The van der Waals surface area contributed by atoms with Gasteiger partial charge in [-0.2, -0.15) is 0 Å². The summed E-state index contributed by atoms with van der Waals surface area (Å²) in [6.07, 6.45) is -0.0438. The maximum atomic E-state index is 12.8. The van der Waals surface area contributed by atoms with Gasteiger partial charge in [-0.15, -0.1) is 0 Å². The van der Waals surface area contributed by atoms with E-state index in [4.69, 9.17) is 25.2 Å². The summed E-state index contributed by atoms with van der Waals surface area (Å²) in [5.41, 5.74) is 0.639. The van der Waals surface area contributed by atoms with Gasteiger partial charge in [-0.3, -0.25) is 19.2 Å². The van der Waals surface area contributed by atoms with Crippen LogP contribution in [0, 0.1) is 10.1 Å². The van der Waals surface area contributed by atoms with E-state index in [1.165, 1.54) is 24.3 Å². The number of benzene rings is 2. The minimum Gasteiger partial charge on any atom is -0.404 e. The Morgan fingerprint density at radius 3 is 2.68 bits per heavy atom. The van der Waals surface area contributed by atoms with E-state index in [2.05, 4.69) is 15.9 Å². The topological polar surface area (TPSA) is 87.9 Å². The van der Waals surface area contributed by atoms with E-state index >= 15 is 0 Å². The normalized spacial score (nSPS) is 23.2. The molecule has 1 saturated heterocycles. The van der Waals surface area contributed by atoms with Crippen molar-refractivity contribution in [3.8, 4) is 5.75 Å². The van der Waals surface area contributed by atoms with Gasteiger partial charge in [-0.1, -0.05) is 27.5 Å². The number of phosphoric acid groups is 1. The van der Waals surface area contributed by atoms with Crippen LogP contribution in [0.3, 0.4) is 0 Å². The predicted octanol–water partition coefficient (Wildman–Crippen LogP) is 5.68. The maximum Gasteiger partial charge on any atom is 0.530 e. The highest BCUT2D eigenvalue weighted by molar-refractivity contribution is 9.10. The van der Waals surface area contributed by atoms with E-state index in [1.807, 2.05) is 0 Å². The van der Waals surface area contributed by atoms with Crippen molar-refractivity contribution in [3.05, 3.63) is 67.6 Å². The third-order valence-corrected chi connectivity index (χ3v) is 5.86. The first-order chi connectivity index (χ1) is 11.9. The molecule has 3 rings (SSSR count). The van der Waals surface area contributed by atoms with Crippen LogP contribution in [0.2, 0.25) is 5.02 Å². The van der Waals surface area contributed by atoms with Gasteiger partial charge < -0.3 is 4.52 Å². The molecule has 0 N–H and O–H groups in total. The summed E-state index contributed by atoms with van der Waals surface area (Å²) in [6, 6.07) is 10.4. The van der Waals surface area contributed by atoms with Crippen LogP contribution in [0.1, 0.15) is 18.1 Å². The van der Waals surface area contributed by atoms with Crippen molar-refractivity contribution in [2.45, 2.75) is 12.5 Å². The van der Waals surface area contributed by atoms with Crippen molar-refractivity contribution < 1.29 is 23.1 Å². The number of halogens is 2. The lowest BCUT2D eigenvalue weighted by Gasteiger charge is -2.29. The van der Waals surface area contributed by atoms with E-state index < -0.39 is 18.8 Å². The Balaban J connectivity index is 1.78. The fourth-order valence-electron chi connectivity index (χ4n) is 2.29. The first-order valence-corrected chi connectivity index (χ1v) is 9.81. The minimum absolute atomic E-state index is 0.100. The Kier molecular flexibility index (Phi) is 5.46. The molecule has 25 heavy (non-hydrogen) atoms. The molecule has 0 bridgehead atoms. The zero-order valence-corrected chi connectivity index (χ0v) is 15.9. The van der Waals surface area contributed by atoms with Gasteiger partial charge in [0.05, 0.1) is 17.6 Å². The molecule has 0 aliphatic carbocycles. The summed E-state index contributed by atoms with van der Waals surface area (Å²) >= 11 is 9.43. The fourth-order valence-corrected chi connectivity index (χ4v) is 4.37. The van der Waals surface area contributed by atoms with Crippen LogP contribution in [0.5, 0.6) is 5.75 Å². The van der Waals surface area contributed by atoms with Crippen molar-refractivity contribution in [1.82, 2.24) is 0 Å². The summed E-state index contributed by atoms with van der Waals surface area (Å²) in [4.78, 5) is 10.1. The second-order valence-electron chi connectivity index (χ2n) is 5.17. The zero-order chi connectivity index (χ0) is 18.0. The van der Waals surface area contributed by atoms with Crippen LogP contribution in [0.25, 0.3) is 0 Å². The van der Waals surface area contributed by atoms with Gasteiger partial charge in [0.25, 0.3) is 5.69 Å². The molecule has 0 amide bonds. The van der Waals surface area contributed by atoms with Gasteiger partial charge >= 0.3 is 7.82 Å². The molecular formula is C15H12BrClNO6P. The molecule has 10 heteroatoms. The number of hydrogen-bond acceptors (Lipinski definition) is 6. The van der Waals surface area contributed by atoms with Crippen molar-refractivity contribution in [3.63, 3.8) is 0 Å². The van der Waals surface area contributed by atoms with E-state index in [-0.39, 0.29) is 18.0 Å². The largest absolute Gasteiger partial charge is 0.530 e. The van der Waals surface area contributed by atoms with Crippen LogP contribution in [0.15, 0.2) is 46.9 Å². The Hall–Kier alpha value is -1.44. The maximum absolute atomic E-state index is 12.8. The first-order valence-electron chi connectivity index (χ1n) is 7.18. The average molecular weight is 449 g/mol. The van der Waals surface area contributed by atoms with Crippen molar-refractivity contribution >= 4 is 41.0 Å². The van der Waals surface area contributed by atoms with Gasteiger partial charge in [-0.05, 0) is 35.9 Å². The molecule has 0 unspecified atom stereocenters. The molecule has 1 fully saturated rings. The lowest BCUT2D eigenvalue weighted by Crippen LogP contribution is -2.17. The molecule has 1 aliphatic heterocycles. The third-order valence-electron chi connectivity index (χ3n) is 3.46. The Morgan fingerprint density at radius 2 is 2.00 bits per heavy atom. The molecule has 1 aliphatic rings. The number of hydrogen-bond donors (Lipinski definition) is 0. The van der Waals surface area contributed by atoms with Crippen LogP contribution in [-0.2, 0) is 13.6 Å². The standard InChI is InChI=1S/C15H12BrClNO6P/c16-14-6-1-10(17)9-13(14)15-7-8-22-25(21,24-15)23-12-4-2-11(3-5-12)18(19)20/h1-6,9,15H,7-8H2/t15-,25-/m0/s1. The highest BCUT2D eigenvalue weighted by Gasteiger charge is 2.38. The van der Waals surface area contributed by atoms with Gasteiger partial charge in [0, 0.05) is 28.0 Å². The number of non-ortho nitro benzene ring substituents is 1. The second kappa shape index (κ2) is 7.43. The highest BCUT2D eigenvalue weighted by Crippen LogP contribution is 2.57. The molecule has 2 aromatic rings. The van der Waals surface area contributed by atoms with Gasteiger partial charge in [0.2, 0.25) is 0 Å². The predicted molar refractivity (Wildman–Crippen MR) is 94.9 cm³/mol.